The second-order valence-electron chi connectivity index (χ2n) is 4.78. The maximum atomic E-state index is 5.80. The van der Waals surface area contributed by atoms with Gasteiger partial charge in [0.05, 0.1) is 13.2 Å². The van der Waals surface area contributed by atoms with E-state index in [-0.39, 0.29) is 11.2 Å². The topological polar surface area (TPSA) is 18.5 Å². The predicted molar refractivity (Wildman–Crippen MR) is 59.2 cm³/mol. The molecule has 2 atom stereocenters. The summed E-state index contributed by atoms with van der Waals surface area (Å²) in [4.78, 5) is 0. The monoisotopic (exact) mass is 208 g/mol. The fourth-order valence-corrected chi connectivity index (χ4v) is 3.17. The first kappa shape index (κ1) is 11.0. The summed E-state index contributed by atoms with van der Waals surface area (Å²) >= 11 is 0. The molecule has 15 heavy (non-hydrogen) atoms. The molecule has 0 bridgehead atoms. The summed E-state index contributed by atoms with van der Waals surface area (Å²) in [5, 5.41) is 0. The van der Waals surface area contributed by atoms with Gasteiger partial charge in [0.1, 0.15) is 0 Å². The first-order chi connectivity index (χ1) is 7.19. The quantitative estimate of drug-likeness (QED) is 0.649. The number of hydrogen-bond donors (Lipinski definition) is 0. The van der Waals surface area contributed by atoms with Gasteiger partial charge < -0.3 is 9.47 Å². The molecule has 2 rings (SSSR count). The Hall–Kier alpha value is -0.520. The van der Waals surface area contributed by atoms with Crippen LogP contribution in [0.2, 0.25) is 0 Å². The molecule has 1 heterocycles. The number of ether oxygens (including phenoxy) is 2. The third-order valence-corrected chi connectivity index (χ3v) is 4.17. The number of rotatable bonds is 2. The summed E-state index contributed by atoms with van der Waals surface area (Å²) in [7, 11) is 0. The van der Waals surface area contributed by atoms with Crippen molar-refractivity contribution in [3.05, 3.63) is 0 Å². The van der Waals surface area contributed by atoms with Gasteiger partial charge in [-0.2, -0.15) is 0 Å². The van der Waals surface area contributed by atoms with Crippen LogP contribution in [-0.4, -0.2) is 19.0 Å². The molecule has 1 aliphatic heterocycles. The minimum atomic E-state index is -0.360. The van der Waals surface area contributed by atoms with Crippen molar-refractivity contribution in [3.8, 4) is 12.3 Å². The lowest BCUT2D eigenvalue weighted by molar-refractivity contribution is -0.186. The van der Waals surface area contributed by atoms with Crippen LogP contribution in [-0.2, 0) is 9.47 Å². The zero-order valence-corrected chi connectivity index (χ0v) is 9.71. The average Bonchev–Trinajstić information content (AvgIpc) is 2.82. The van der Waals surface area contributed by atoms with Gasteiger partial charge in [-0.25, -0.2) is 0 Å². The van der Waals surface area contributed by atoms with E-state index in [2.05, 4.69) is 19.8 Å². The van der Waals surface area contributed by atoms with E-state index in [1.165, 1.54) is 0 Å². The van der Waals surface area contributed by atoms with E-state index >= 15 is 0 Å². The van der Waals surface area contributed by atoms with E-state index < -0.39 is 0 Å². The van der Waals surface area contributed by atoms with Crippen LogP contribution in [0.25, 0.3) is 0 Å². The summed E-state index contributed by atoms with van der Waals surface area (Å²) in [6.45, 7) is 5.81. The van der Waals surface area contributed by atoms with Crippen molar-refractivity contribution in [2.24, 2.45) is 11.3 Å². The Bertz CT molecular complexity index is 273. The summed E-state index contributed by atoms with van der Waals surface area (Å²) in [5.74, 6) is 2.98. The predicted octanol–water partition coefficient (Wildman–Crippen LogP) is 2.58. The van der Waals surface area contributed by atoms with E-state index in [9.17, 15) is 0 Å². The zero-order chi connectivity index (χ0) is 10.9. The number of terminal acetylenes is 1. The molecular formula is C13H20O2. The van der Waals surface area contributed by atoms with Gasteiger partial charge in [-0.15, -0.1) is 6.42 Å². The largest absolute Gasteiger partial charge is 0.347 e. The third kappa shape index (κ3) is 1.49. The zero-order valence-electron chi connectivity index (χ0n) is 9.71. The molecule has 0 aromatic carbocycles. The molecule has 2 nitrogen and oxygen atoms in total. The van der Waals surface area contributed by atoms with Crippen LogP contribution in [0.1, 0.15) is 39.5 Å². The molecule has 1 unspecified atom stereocenters. The van der Waals surface area contributed by atoms with Gasteiger partial charge in [-0.3, -0.25) is 0 Å². The molecule has 0 N–H and O–H groups in total. The molecule has 1 saturated carbocycles. The number of hydrogen-bond acceptors (Lipinski definition) is 2. The maximum Gasteiger partial charge on any atom is 0.172 e. The lowest BCUT2D eigenvalue weighted by atomic mass is 9.75. The average molecular weight is 208 g/mol. The second kappa shape index (κ2) is 3.81. The standard InChI is InChI=1S/C13H20O2/c1-4-6-12(5-2)7-8-13(11(12)3)14-9-10-15-13/h2,11H,4,6-10H2,1,3H3/t11?,12-/m0/s1. The van der Waals surface area contributed by atoms with E-state index in [0.717, 1.165) is 38.9 Å². The summed E-state index contributed by atoms with van der Waals surface area (Å²) in [6, 6.07) is 0. The smallest absolute Gasteiger partial charge is 0.172 e. The fraction of sp³-hybridized carbons (Fsp3) is 0.846. The highest BCUT2D eigenvalue weighted by Gasteiger charge is 2.57. The normalized spacial score (nSPS) is 38.3. The Kier molecular flexibility index (Phi) is 2.79. The highest BCUT2D eigenvalue weighted by Crippen LogP contribution is 2.54. The van der Waals surface area contributed by atoms with Gasteiger partial charge in [-0.1, -0.05) is 26.2 Å². The molecule has 0 aromatic rings. The van der Waals surface area contributed by atoms with Gasteiger partial charge in [0.25, 0.3) is 0 Å². The Morgan fingerprint density at radius 1 is 1.33 bits per heavy atom. The minimum absolute atomic E-state index is 0.000903. The van der Waals surface area contributed by atoms with Crippen molar-refractivity contribution in [2.75, 3.05) is 13.2 Å². The van der Waals surface area contributed by atoms with Crippen LogP contribution in [0.4, 0.5) is 0 Å². The SMILES string of the molecule is C#C[C@]1(CCC)CCC2(OCCO2)C1C. The Morgan fingerprint density at radius 2 is 2.00 bits per heavy atom. The van der Waals surface area contributed by atoms with Crippen LogP contribution in [0.5, 0.6) is 0 Å². The first-order valence-electron chi connectivity index (χ1n) is 5.95. The van der Waals surface area contributed by atoms with Crippen molar-refractivity contribution >= 4 is 0 Å². The molecule has 2 aliphatic rings. The minimum Gasteiger partial charge on any atom is -0.347 e. The van der Waals surface area contributed by atoms with Crippen LogP contribution < -0.4 is 0 Å². The molecule has 1 spiro atoms. The van der Waals surface area contributed by atoms with Crippen molar-refractivity contribution < 1.29 is 9.47 Å². The van der Waals surface area contributed by atoms with Crippen LogP contribution in [0.15, 0.2) is 0 Å². The highest BCUT2D eigenvalue weighted by molar-refractivity contribution is 5.15. The van der Waals surface area contributed by atoms with Gasteiger partial charge >= 0.3 is 0 Å². The summed E-state index contributed by atoms with van der Waals surface area (Å²) < 4.78 is 11.6. The van der Waals surface area contributed by atoms with Crippen molar-refractivity contribution in [1.29, 1.82) is 0 Å². The first-order valence-corrected chi connectivity index (χ1v) is 5.95. The van der Waals surface area contributed by atoms with E-state index in [4.69, 9.17) is 15.9 Å². The Labute approximate surface area is 92.3 Å². The molecule has 2 fully saturated rings. The lowest BCUT2D eigenvalue weighted by Crippen LogP contribution is -2.38. The lowest BCUT2D eigenvalue weighted by Gasteiger charge is -2.34. The maximum absolute atomic E-state index is 5.80. The van der Waals surface area contributed by atoms with Crippen molar-refractivity contribution in [2.45, 2.75) is 45.3 Å². The molecular weight excluding hydrogens is 188 g/mol. The van der Waals surface area contributed by atoms with Gasteiger partial charge in [0.15, 0.2) is 5.79 Å². The van der Waals surface area contributed by atoms with Gasteiger partial charge in [0, 0.05) is 17.8 Å². The molecule has 84 valence electrons. The van der Waals surface area contributed by atoms with Crippen LogP contribution >= 0.6 is 0 Å². The van der Waals surface area contributed by atoms with E-state index in [1.54, 1.807) is 0 Å². The fourth-order valence-electron chi connectivity index (χ4n) is 3.17. The molecule has 0 radical (unpaired) electrons. The molecule has 1 saturated heterocycles. The summed E-state index contributed by atoms with van der Waals surface area (Å²) in [5.41, 5.74) is -0.000903. The summed E-state index contributed by atoms with van der Waals surface area (Å²) in [6.07, 6.45) is 9.94. The van der Waals surface area contributed by atoms with Crippen LogP contribution in [0, 0.1) is 23.7 Å². The van der Waals surface area contributed by atoms with Gasteiger partial charge in [-0.05, 0) is 12.8 Å². The van der Waals surface area contributed by atoms with Crippen molar-refractivity contribution in [3.63, 3.8) is 0 Å². The molecule has 1 aliphatic carbocycles. The Balaban J connectivity index is 2.21. The highest BCUT2D eigenvalue weighted by atomic mass is 16.7. The second-order valence-corrected chi connectivity index (χ2v) is 4.78. The van der Waals surface area contributed by atoms with E-state index in [0.29, 0.717) is 5.92 Å². The Morgan fingerprint density at radius 3 is 2.53 bits per heavy atom. The van der Waals surface area contributed by atoms with E-state index in [1.807, 2.05) is 0 Å². The molecule has 0 amide bonds. The van der Waals surface area contributed by atoms with Gasteiger partial charge in [0.2, 0.25) is 0 Å². The van der Waals surface area contributed by atoms with Crippen LogP contribution in [0.3, 0.4) is 0 Å². The molecule has 2 heteroatoms. The van der Waals surface area contributed by atoms with Crippen molar-refractivity contribution in [1.82, 2.24) is 0 Å². The third-order valence-electron chi connectivity index (χ3n) is 4.17. The molecule has 0 aromatic heterocycles.